The van der Waals surface area contributed by atoms with Gasteiger partial charge in [0.05, 0.1) is 18.4 Å². The van der Waals surface area contributed by atoms with Gasteiger partial charge in [0.1, 0.15) is 5.75 Å². The van der Waals surface area contributed by atoms with E-state index >= 15 is 0 Å². The SMILES string of the molecule is COc1ccc(Br)c(C(=O)Nc2cccc3[nH]ccc23)c1. The zero-order valence-corrected chi connectivity index (χ0v) is 12.9. The van der Waals surface area contributed by atoms with Crippen LogP contribution in [-0.4, -0.2) is 18.0 Å². The number of halogens is 1. The van der Waals surface area contributed by atoms with Crippen LogP contribution in [-0.2, 0) is 0 Å². The second-order valence-electron chi connectivity index (χ2n) is 4.54. The monoisotopic (exact) mass is 344 g/mol. The van der Waals surface area contributed by atoms with E-state index in [1.165, 1.54) is 0 Å². The predicted octanol–water partition coefficient (Wildman–Crippen LogP) is 4.19. The van der Waals surface area contributed by atoms with Crippen LogP contribution in [0.25, 0.3) is 10.9 Å². The minimum absolute atomic E-state index is 0.186. The highest BCUT2D eigenvalue weighted by Gasteiger charge is 2.13. The van der Waals surface area contributed by atoms with E-state index in [0.717, 1.165) is 21.1 Å². The summed E-state index contributed by atoms with van der Waals surface area (Å²) in [5, 5.41) is 3.91. The second kappa shape index (κ2) is 5.61. The number of carbonyl (C=O) groups excluding carboxylic acids is 1. The quantitative estimate of drug-likeness (QED) is 0.748. The van der Waals surface area contributed by atoms with Crippen LogP contribution >= 0.6 is 15.9 Å². The zero-order valence-electron chi connectivity index (χ0n) is 11.3. The van der Waals surface area contributed by atoms with Gasteiger partial charge in [-0.1, -0.05) is 6.07 Å². The second-order valence-corrected chi connectivity index (χ2v) is 5.40. The number of nitrogens with one attached hydrogen (secondary N) is 2. The minimum Gasteiger partial charge on any atom is -0.497 e. The van der Waals surface area contributed by atoms with Crippen molar-refractivity contribution in [2.24, 2.45) is 0 Å². The van der Waals surface area contributed by atoms with Crippen molar-refractivity contribution in [1.29, 1.82) is 0 Å². The van der Waals surface area contributed by atoms with Crippen molar-refractivity contribution < 1.29 is 9.53 Å². The lowest BCUT2D eigenvalue weighted by Crippen LogP contribution is -2.12. The standard InChI is InChI=1S/C16H13BrN2O2/c1-21-10-5-6-13(17)12(9-10)16(20)19-15-4-2-3-14-11(15)7-8-18-14/h2-9,18H,1H3,(H,19,20). The highest BCUT2D eigenvalue weighted by Crippen LogP contribution is 2.26. The lowest BCUT2D eigenvalue weighted by atomic mass is 10.1. The third-order valence-electron chi connectivity index (χ3n) is 3.26. The fourth-order valence-corrected chi connectivity index (χ4v) is 2.62. The first kappa shape index (κ1) is 13.7. The van der Waals surface area contributed by atoms with E-state index in [1.54, 1.807) is 25.3 Å². The van der Waals surface area contributed by atoms with Crippen molar-refractivity contribution in [2.45, 2.75) is 0 Å². The number of hydrogen-bond donors (Lipinski definition) is 2. The van der Waals surface area contributed by atoms with Crippen molar-refractivity contribution in [2.75, 3.05) is 12.4 Å². The fourth-order valence-electron chi connectivity index (χ4n) is 2.19. The molecule has 0 aliphatic carbocycles. The molecular formula is C16H13BrN2O2. The molecule has 0 radical (unpaired) electrons. The van der Waals surface area contributed by atoms with Crippen LogP contribution in [0, 0.1) is 0 Å². The average molecular weight is 345 g/mol. The molecule has 106 valence electrons. The van der Waals surface area contributed by atoms with Crippen LogP contribution in [0.5, 0.6) is 5.75 Å². The Labute approximate surface area is 130 Å². The van der Waals surface area contributed by atoms with Crippen molar-refractivity contribution in [3.8, 4) is 5.75 Å². The maximum Gasteiger partial charge on any atom is 0.256 e. The number of methoxy groups -OCH3 is 1. The molecule has 4 nitrogen and oxygen atoms in total. The number of hydrogen-bond acceptors (Lipinski definition) is 2. The molecular weight excluding hydrogens is 332 g/mol. The van der Waals surface area contributed by atoms with Crippen molar-refractivity contribution in [3.63, 3.8) is 0 Å². The summed E-state index contributed by atoms with van der Waals surface area (Å²) >= 11 is 3.39. The summed E-state index contributed by atoms with van der Waals surface area (Å²) in [7, 11) is 1.57. The summed E-state index contributed by atoms with van der Waals surface area (Å²) < 4.78 is 5.89. The average Bonchev–Trinajstić information content (AvgIpc) is 2.97. The number of rotatable bonds is 3. The first-order chi connectivity index (χ1) is 10.2. The third-order valence-corrected chi connectivity index (χ3v) is 3.95. The molecule has 0 atom stereocenters. The molecule has 1 heterocycles. The molecule has 1 amide bonds. The van der Waals surface area contributed by atoms with Crippen LogP contribution in [0.3, 0.4) is 0 Å². The first-order valence-corrected chi connectivity index (χ1v) is 7.19. The van der Waals surface area contributed by atoms with Gasteiger partial charge in [0.15, 0.2) is 0 Å². The van der Waals surface area contributed by atoms with Gasteiger partial charge >= 0.3 is 0 Å². The van der Waals surface area contributed by atoms with E-state index in [-0.39, 0.29) is 5.91 Å². The summed E-state index contributed by atoms with van der Waals surface area (Å²) in [5.74, 6) is 0.456. The molecule has 0 aliphatic rings. The first-order valence-electron chi connectivity index (χ1n) is 6.40. The third kappa shape index (κ3) is 2.64. The van der Waals surface area contributed by atoms with Gasteiger partial charge in [-0.05, 0) is 52.3 Å². The Morgan fingerprint density at radius 3 is 2.90 bits per heavy atom. The van der Waals surface area contributed by atoms with Crippen molar-refractivity contribution in [1.82, 2.24) is 4.98 Å². The van der Waals surface area contributed by atoms with Gasteiger partial charge in [0.2, 0.25) is 0 Å². The van der Waals surface area contributed by atoms with Gasteiger partial charge in [0, 0.05) is 21.6 Å². The minimum atomic E-state index is -0.186. The molecule has 2 aromatic carbocycles. The summed E-state index contributed by atoms with van der Waals surface area (Å²) in [4.78, 5) is 15.6. The lowest BCUT2D eigenvalue weighted by molar-refractivity contribution is 0.102. The van der Waals surface area contributed by atoms with Gasteiger partial charge in [-0.2, -0.15) is 0 Å². The molecule has 0 unspecified atom stereocenters. The molecule has 21 heavy (non-hydrogen) atoms. The highest BCUT2D eigenvalue weighted by atomic mass is 79.9. The normalized spacial score (nSPS) is 10.6. The largest absolute Gasteiger partial charge is 0.497 e. The Bertz CT molecular complexity index is 811. The summed E-state index contributed by atoms with van der Waals surface area (Å²) in [6.45, 7) is 0. The van der Waals surface area contributed by atoms with Crippen LogP contribution in [0.15, 0.2) is 53.1 Å². The van der Waals surface area contributed by atoms with E-state index < -0.39 is 0 Å². The molecule has 0 fully saturated rings. The molecule has 5 heteroatoms. The van der Waals surface area contributed by atoms with Gasteiger partial charge in [0.25, 0.3) is 5.91 Å². The molecule has 0 aliphatic heterocycles. The number of ether oxygens (including phenoxy) is 1. The number of amides is 1. The summed E-state index contributed by atoms with van der Waals surface area (Å²) in [6, 6.07) is 13.0. The number of fused-ring (bicyclic) bond motifs is 1. The van der Waals surface area contributed by atoms with E-state index in [2.05, 4.69) is 26.2 Å². The molecule has 0 spiro atoms. The summed E-state index contributed by atoms with van der Waals surface area (Å²) in [6.07, 6.45) is 1.85. The lowest BCUT2D eigenvalue weighted by Gasteiger charge is -2.09. The Kier molecular flexibility index (Phi) is 3.66. The Morgan fingerprint density at radius 2 is 2.10 bits per heavy atom. The molecule has 0 saturated heterocycles. The smallest absolute Gasteiger partial charge is 0.256 e. The highest BCUT2D eigenvalue weighted by molar-refractivity contribution is 9.10. The van der Waals surface area contributed by atoms with Crippen LogP contribution in [0.2, 0.25) is 0 Å². The Balaban J connectivity index is 1.95. The molecule has 3 aromatic rings. The number of benzene rings is 2. The number of aromatic amines is 1. The van der Waals surface area contributed by atoms with Gasteiger partial charge < -0.3 is 15.0 Å². The topological polar surface area (TPSA) is 54.1 Å². The number of H-pyrrole nitrogens is 1. The zero-order chi connectivity index (χ0) is 14.8. The van der Waals surface area contributed by atoms with E-state index in [1.807, 2.05) is 30.5 Å². The van der Waals surface area contributed by atoms with Crippen LogP contribution < -0.4 is 10.1 Å². The van der Waals surface area contributed by atoms with E-state index in [4.69, 9.17) is 4.74 Å². The van der Waals surface area contributed by atoms with Crippen molar-refractivity contribution in [3.05, 3.63) is 58.7 Å². The number of aromatic nitrogens is 1. The van der Waals surface area contributed by atoms with E-state index in [0.29, 0.717) is 11.3 Å². The fraction of sp³-hybridized carbons (Fsp3) is 0.0625. The van der Waals surface area contributed by atoms with Gasteiger partial charge in [-0.25, -0.2) is 0 Å². The molecule has 3 rings (SSSR count). The molecule has 0 bridgehead atoms. The summed E-state index contributed by atoms with van der Waals surface area (Å²) in [5.41, 5.74) is 2.29. The molecule has 1 aromatic heterocycles. The van der Waals surface area contributed by atoms with Crippen LogP contribution in [0.1, 0.15) is 10.4 Å². The Morgan fingerprint density at radius 1 is 1.24 bits per heavy atom. The maximum atomic E-state index is 12.5. The number of anilines is 1. The van der Waals surface area contributed by atoms with Gasteiger partial charge in [-0.3, -0.25) is 4.79 Å². The van der Waals surface area contributed by atoms with Gasteiger partial charge in [-0.15, -0.1) is 0 Å². The molecule has 0 saturated carbocycles. The number of carbonyl (C=O) groups is 1. The van der Waals surface area contributed by atoms with Crippen molar-refractivity contribution >= 4 is 38.4 Å². The van der Waals surface area contributed by atoms with E-state index in [9.17, 15) is 4.79 Å². The Hall–Kier alpha value is -2.27. The van der Waals surface area contributed by atoms with Crippen LogP contribution in [0.4, 0.5) is 5.69 Å². The molecule has 2 N–H and O–H groups in total. The predicted molar refractivity (Wildman–Crippen MR) is 86.9 cm³/mol. The maximum absolute atomic E-state index is 12.5.